The van der Waals surface area contributed by atoms with Gasteiger partial charge in [-0.05, 0) is 12.1 Å². The molecule has 1 heterocycles. The first-order valence-corrected chi connectivity index (χ1v) is 5.13. The second kappa shape index (κ2) is 2.93. The highest BCUT2D eigenvalue weighted by Crippen LogP contribution is 2.26. The molecule has 0 fully saturated rings. The van der Waals surface area contributed by atoms with Crippen LogP contribution in [0.4, 0.5) is 0 Å². The normalized spacial score (nSPS) is 11.2. The van der Waals surface area contributed by atoms with Gasteiger partial charge in [0.25, 0.3) is 0 Å². The summed E-state index contributed by atoms with van der Waals surface area (Å²) in [5.74, 6) is 0. The highest BCUT2D eigenvalue weighted by Gasteiger charge is 2.05. The first kappa shape index (κ1) is 8.66. The fourth-order valence-corrected chi connectivity index (χ4v) is 1.99. The van der Waals surface area contributed by atoms with E-state index in [0.29, 0.717) is 0 Å². The summed E-state index contributed by atoms with van der Waals surface area (Å²) in [6, 6.07) is 12.7. The molecule has 0 aliphatic rings. The standard InChI is InChI=1S/C12H10B2O/c13-7-1-3-9-10-4-2-8(14)6-12(10)15-11(9)5-7/h1-6H,13-14H2. The maximum Gasteiger partial charge on any atom is 0.139 e. The van der Waals surface area contributed by atoms with Gasteiger partial charge in [-0.15, -0.1) is 0 Å². The molecule has 0 saturated carbocycles. The fourth-order valence-electron chi connectivity index (χ4n) is 1.99. The van der Waals surface area contributed by atoms with Gasteiger partial charge < -0.3 is 4.42 Å². The molecular formula is C12H10B2O. The van der Waals surface area contributed by atoms with Crippen molar-refractivity contribution in [2.45, 2.75) is 0 Å². The van der Waals surface area contributed by atoms with E-state index in [2.05, 4.69) is 52.1 Å². The Bertz CT molecular complexity index is 599. The third kappa shape index (κ3) is 1.27. The zero-order valence-electron chi connectivity index (χ0n) is 8.87. The average Bonchev–Trinajstić information content (AvgIpc) is 2.53. The molecule has 3 rings (SSSR count). The molecule has 0 spiro atoms. The first-order valence-electron chi connectivity index (χ1n) is 5.13. The Morgan fingerprint density at radius 2 is 1.20 bits per heavy atom. The number of fused-ring (bicyclic) bond motifs is 3. The molecule has 0 N–H and O–H groups in total. The lowest BCUT2D eigenvalue weighted by Gasteiger charge is -1.91. The second-order valence-electron chi connectivity index (χ2n) is 4.10. The van der Waals surface area contributed by atoms with Crippen LogP contribution >= 0.6 is 0 Å². The van der Waals surface area contributed by atoms with E-state index in [0.717, 1.165) is 11.2 Å². The number of rotatable bonds is 0. The van der Waals surface area contributed by atoms with Crippen LogP contribution in [0.15, 0.2) is 40.8 Å². The van der Waals surface area contributed by atoms with Gasteiger partial charge in [-0.2, -0.15) is 0 Å². The minimum absolute atomic E-state index is 0.982. The summed E-state index contributed by atoms with van der Waals surface area (Å²) in [6.07, 6.45) is 0. The van der Waals surface area contributed by atoms with E-state index in [1.165, 1.54) is 21.7 Å². The van der Waals surface area contributed by atoms with E-state index < -0.39 is 0 Å². The molecule has 0 atom stereocenters. The molecule has 3 aromatic rings. The summed E-state index contributed by atoms with van der Waals surface area (Å²) >= 11 is 0. The molecule has 15 heavy (non-hydrogen) atoms. The molecule has 2 aromatic carbocycles. The predicted octanol–water partition coefficient (Wildman–Crippen LogP) is 0.103. The van der Waals surface area contributed by atoms with Crippen molar-refractivity contribution >= 4 is 48.6 Å². The van der Waals surface area contributed by atoms with Gasteiger partial charge in [0.15, 0.2) is 0 Å². The SMILES string of the molecule is Bc1ccc2c(c1)oc1cc(B)ccc12. The van der Waals surface area contributed by atoms with E-state index in [1.807, 2.05) is 0 Å². The second-order valence-corrected chi connectivity index (χ2v) is 4.10. The van der Waals surface area contributed by atoms with Crippen LogP contribution in [-0.4, -0.2) is 15.7 Å². The summed E-state index contributed by atoms with van der Waals surface area (Å²) in [7, 11) is 4.16. The van der Waals surface area contributed by atoms with Crippen LogP contribution in [0, 0.1) is 0 Å². The minimum atomic E-state index is 0.982. The van der Waals surface area contributed by atoms with Crippen LogP contribution in [0.1, 0.15) is 0 Å². The van der Waals surface area contributed by atoms with Crippen molar-refractivity contribution in [3.05, 3.63) is 36.4 Å². The number of hydrogen-bond acceptors (Lipinski definition) is 1. The summed E-state index contributed by atoms with van der Waals surface area (Å²) in [4.78, 5) is 0. The number of benzene rings is 2. The Hall–Kier alpha value is -1.63. The third-order valence-electron chi connectivity index (χ3n) is 2.78. The summed E-state index contributed by atoms with van der Waals surface area (Å²) in [5.41, 5.74) is 4.43. The van der Waals surface area contributed by atoms with Gasteiger partial charge in [0.05, 0.1) is 0 Å². The maximum absolute atomic E-state index is 5.81. The van der Waals surface area contributed by atoms with Gasteiger partial charge in [0, 0.05) is 10.8 Å². The van der Waals surface area contributed by atoms with Crippen molar-refractivity contribution in [2.24, 2.45) is 0 Å². The largest absolute Gasteiger partial charge is 0.456 e. The Labute approximate surface area is 89.9 Å². The van der Waals surface area contributed by atoms with E-state index >= 15 is 0 Å². The molecule has 70 valence electrons. The zero-order chi connectivity index (χ0) is 10.4. The van der Waals surface area contributed by atoms with Crippen molar-refractivity contribution in [3.8, 4) is 0 Å². The van der Waals surface area contributed by atoms with E-state index in [1.54, 1.807) is 0 Å². The maximum atomic E-state index is 5.81. The summed E-state index contributed by atoms with van der Waals surface area (Å²) < 4.78 is 5.81. The third-order valence-corrected chi connectivity index (χ3v) is 2.78. The Morgan fingerprint density at radius 3 is 1.67 bits per heavy atom. The quantitative estimate of drug-likeness (QED) is 0.460. The van der Waals surface area contributed by atoms with Gasteiger partial charge >= 0.3 is 0 Å². The van der Waals surface area contributed by atoms with Crippen LogP contribution in [0.3, 0.4) is 0 Å². The Balaban J connectivity index is 2.51. The molecule has 3 heteroatoms. The lowest BCUT2D eigenvalue weighted by molar-refractivity contribution is 0.669. The molecule has 1 nitrogen and oxygen atoms in total. The van der Waals surface area contributed by atoms with Gasteiger partial charge in [0.1, 0.15) is 26.9 Å². The fraction of sp³-hybridized carbons (Fsp3) is 0. The number of furan rings is 1. The number of hydrogen-bond donors (Lipinski definition) is 0. The molecule has 0 amide bonds. The Morgan fingerprint density at radius 1 is 0.733 bits per heavy atom. The first-order chi connectivity index (χ1) is 7.24. The van der Waals surface area contributed by atoms with Gasteiger partial charge in [-0.3, -0.25) is 0 Å². The molecule has 0 aliphatic heterocycles. The van der Waals surface area contributed by atoms with Crippen molar-refractivity contribution in [3.63, 3.8) is 0 Å². The lowest BCUT2D eigenvalue weighted by Crippen LogP contribution is -1.98. The lowest BCUT2D eigenvalue weighted by atomic mass is 9.94. The summed E-state index contributed by atoms with van der Waals surface area (Å²) in [6.45, 7) is 0. The smallest absolute Gasteiger partial charge is 0.139 e. The van der Waals surface area contributed by atoms with E-state index in [-0.39, 0.29) is 0 Å². The molecule has 0 radical (unpaired) electrons. The van der Waals surface area contributed by atoms with Crippen LogP contribution < -0.4 is 10.9 Å². The summed E-state index contributed by atoms with van der Waals surface area (Å²) in [5, 5.41) is 2.41. The highest BCUT2D eigenvalue weighted by molar-refractivity contribution is 6.34. The monoisotopic (exact) mass is 192 g/mol. The van der Waals surface area contributed by atoms with Crippen LogP contribution in [0.2, 0.25) is 0 Å². The molecule has 0 saturated heterocycles. The van der Waals surface area contributed by atoms with Crippen LogP contribution in [0.5, 0.6) is 0 Å². The van der Waals surface area contributed by atoms with Gasteiger partial charge in [0.2, 0.25) is 0 Å². The van der Waals surface area contributed by atoms with Crippen molar-refractivity contribution in [2.75, 3.05) is 0 Å². The van der Waals surface area contributed by atoms with E-state index in [4.69, 9.17) is 4.42 Å². The molecular weight excluding hydrogens is 182 g/mol. The van der Waals surface area contributed by atoms with Crippen molar-refractivity contribution < 1.29 is 4.42 Å². The van der Waals surface area contributed by atoms with E-state index in [9.17, 15) is 0 Å². The average molecular weight is 192 g/mol. The molecule has 0 bridgehead atoms. The predicted molar refractivity (Wildman–Crippen MR) is 70.1 cm³/mol. The van der Waals surface area contributed by atoms with Gasteiger partial charge in [-0.25, -0.2) is 0 Å². The molecule has 0 unspecified atom stereocenters. The van der Waals surface area contributed by atoms with Crippen molar-refractivity contribution in [1.82, 2.24) is 0 Å². The molecule has 0 aliphatic carbocycles. The molecule has 1 aromatic heterocycles. The minimum Gasteiger partial charge on any atom is -0.456 e. The van der Waals surface area contributed by atoms with Gasteiger partial charge in [-0.1, -0.05) is 35.2 Å². The highest BCUT2D eigenvalue weighted by atomic mass is 16.3. The zero-order valence-corrected chi connectivity index (χ0v) is 8.87. The van der Waals surface area contributed by atoms with Crippen molar-refractivity contribution in [1.29, 1.82) is 0 Å². The van der Waals surface area contributed by atoms with Crippen LogP contribution in [0.25, 0.3) is 21.9 Å². The Kier molecular flexibility index (Phi) is 1.69. The topological polar surface area (TPSA) is 13.1 Å². The van der Waals surface area contributed by atoms with Crippen LogP contribution in [-0.2, 0) is 0 Å².